The minimum atomic E-state index is -3.74. The Morgan fingerprint density at radius 2 is 1.87 bits per heavy atom. The zero-order chi connectivity index (χ0) is 16.7. The topological polar surface area (TPSA) is 102 Å². The molecule has 0 amide bonds. The minimum Gasteiger partial charge on any atom is -0.454 e. The maximum Gasteiger partial charge on any atom is 0.240 e. The van der Waals surface area contributed by atoms with E-state index in [1.165, 1.54) is 22.5 Å². The van der Waals surface area contributed by atoms with Crippen LogP contribution in [0.3, 0.4) is 0 Å². The monoisotopic (exact) mass is 362 g/mol. The third kappa shape index (κ3) is 3.77. The summed E-state index contributed by atoms with van der Waals surface area (Å²) >= 11 is 0. The van der Waals surface area contributed by atoms with Crippen molar-refractivity contribution in [1.82, 2.24) is 9.03 Å². The van der Waals surface area contributed by atoms with Crippen LogP contribution in [-0.2, 0) is 20.0 Å². The van der Waals surface area contributed by atoms with Gasteiger partial charge in [0.15, 0.2) is 11.5 Å². The van der Waals surface area contributed by atoms with Gasteiger partial charge < -0.3 is 9.47 Å². The molecule has 0 aromatic heterocycles. The molecule has 3 rings (SSSR count). The van der Waals surface area contributed by atoms with Crippen molar-refractivity contribution in [2.75, 3.05) is 26.1 Å². The molecule has 23 heavy (non-hydrogen) atoms. The summed E-state index contributed by atoms with van der Waals surface area (Å²) < 4.78 is 62.0. The highest BCUT2D eigenvalue weighted by atomic mass is 32.2. The van der Waals surface area contributed by atoms with Crippen molar-refractivity contribution in [3.05, 3.63) is 18.2 Å². The molecule has 1 aromatic rings. The molecular weight excluding hydrogens is 344 g/mol. The van der Waals surface area contributed by atoms with E-state index in [1.54, 1.807) is 0 Å². The lowest BCUT2D eigenvalue weighted by molar-refractivity contribution is 0.174. The summed E-state index contributed by atoms with van der Waals surface area (Å²) in [7, 11) is -7.07. The molecule has 128 valence electrons. The summed E-state index contributed by atoms with van der Waals surface area (Å²) in [4.78, 5) is 0.0547. The van der Waals surface area contributed by atoms with E-state index in [0.29, 0.717) is 11.5 Å². The quantitative estimate of drug-likeness (QED) is 0.739. The normalized spacial score (nSPS) is 17.7. The van der Waals surface area contributed by atoms with Gasteiger partial charge in [0.2, 0.25) is 26.8 Å². The summed E-state index contributed by atoms with van der Waals surface area (Å²) in [6.45, 7) is 0.199. The molecule has 1 heterocycles. The SMILES string of the molecule is CS(=O)(=O)N(CCNS(=O)(=O)c1ccc2c(c1)OCO2)C1CC1. The van der Waals surface area contributed by atoms with Crippen LogP contribution in [0.25, 0.3) is 0 Å². The Morgan fingerprint density at radius 1 is 1.17 bits per heavy atom. The first-order valence-corrected chi connectivity index (χ1v) is 10.5. The Labute approximate surface area is 135 Å². The summed E-state index contributed by atoms with van der Waals surface area (Å²) in [5.41, 5.74) is 0. The van der Waals surface area contributed by atoms with Gasteiger partial charge in [-0.25, -0.2) is 21.6 Å². The number of ether oxygens (including phenoxy) is 2. The first-order chi connectivity index (χ1) is 10.8. The molecule has 0 unspecified atom stereocenters. The minimum absolute atomic E-state index is 0.0000439. The average Bonchev–Trinajstić information content (AvgIpc) is 3.17. The summed E-state index contributed by atoms with van der Waals surface area (Å²) in [5, 5.41) is 0. The summed E-state index contributed by atoms with van der Waals surface area (Å²) in [5.74, 6) is 0.879. The fraction of sp³-hybridized carbons (Fsp3) is 0.538. The maximum atomic E-state index is 12.3. The molecule has 1 saturated carbocycles. The predicted molar refractivity (Wildman–Crippen MR) is 82.3 cm³/mol. The van der Waals surface area contributed by atoms with Crippen LogP contribution in [0.5, 0.6) is 11.5 Å². The van der Waals surface area contributed by atoms with Crippen LogP contribution in [0.2, 0.25) is 0 Å². The van der Waals surface area contributed by atoms with Crippen molar-refractivity contribution in [3.8, 4) is 11.5 Å². The van der Waals surface area contributed by atoms with E-state index in [-0.39, 0.29) is 30.8 Å². The second-order valence-corrected chi connectivity index (χ2v) is 9.22. The van der Waals surface area contributed by atoms with Gasteiger partial charge in [-0.05, 0) is 25.0 Å². The molecule has 1 N–H and O–H groups in total. The molecule has 0 atom stereocenters. The zero-order valence-electron chi connectivity index (χ0n) is 12.6. The van der Waals surface area contributed by atoms with Crippen LogP contribution in [0.4, 0.5) is 0 Å². The molecule has 1 fully saturated rings. The van der Waals surface area contributed by atoms with Crippen molar-refractivity contribution in [3.63, 3.8) is 0 Å². The van der Waals surface area contributed by atoms with Gasteiger partial charge in [0.1, 0.15) is 0 Å². The predicted octanol–water partition coefficient (Wildman–Crippen LogP) is 0.118. The largest absolute Gasteiger partial charge is 0.454 e. The maximum absolute atomic E-state index is 12.3. The van der Waals surface area contributed by atoms with Gasteiger partial charge in [-0.2, -0.15) is 4.31 Å². The highest BCUT2D eigenvalue weighted by Gasteiger charge is 2.34. The van der Waals surface area contributed by atoms with E-state index in [9.17, 15) is 16.8 Å². The highest BCUT2D eigenvalue weighted by Crippen LogP contribution is 2.33. The van der Waals surface area contributed by atoms with Crippen molar-refractivity contribution in [2.45, 2.75) is 23.8 Å². The molecule has 1 aromatic carbocycles. The van der Waals surface area contributed by atoms with E-state index in [2.05, 4.69) is 4.72 Å². The lowest BCUT2D eigenvalue weighted by atomic mass is 10.3. The van der Waals surface area contributed by atoms with Gasteiger partial charge >= 0.3 is 0 Å². The van der Waals surface area contributed by atoms with Crippen LogP contribution < -0.4 is 14.2 Å². The highest BCUT2D eigenvalue weighted by molar-refractivity contribution is 7.89. The molecule has 8 nitrogen and oxygen atoms in total. The first kappa shape index (κ1) is 16.5. The Hall–Kier alpha value is -1.36. The van der Waals surface area contributed by atoms with Gasteiger partial charge in [-0.3, -0.25) is 0 Å². The van der Waals surface area contributed by atoms with Gasteiger partial charge in [0.05, 0.1) is 11.2 Å². The second-order valence-electron chi connectivity index (χ2n) is 5.52. The number of fused-ring (bicyclic) bond motifs is 1. The molecule has 1 aliphatic carbocycles. The number of hydrogen-bond acceptors (Lipinski definition) is 6. The van der Waals surface area contributed by atoms with Crippen LogP contribution in [0, 0.1) is 0 Å². The van der Waals surface area contributed by atoms with E-state index in [1.807, 2.05) is 0 Å². The second kappa shape index (κ2) is 5.93. The lowest BCUT2D eigenvalue weighted by Crippen LogP contribution is -2.39. The number of nitrogens with one attached hydrogen (secondary N) is 1. The van der Waals surface area contributed by atoms with Crippen LogP contribution in [-0.4, -0.2) is 53.3 Å². The van der Waals surface area contributed by atoms with E-state index < -0.39 is 20.0 Å². The number of benzene rings is 1. The van der Waals surface area contributed by atoms with Gasteiger partial charge in [-0.15, -0.1) is 0 Å². The number of nitrogens with zero attached hydrogens (tertiary/aromatic N) is 1. The molecule has 0 bridgehead atoms. The molecule has 0 spiro atoms. The number of hydrogen-bond donors (Lipinski definition) is 1. The van der Waals surface area contributed by atoms with Crippen LogP contribution >= 0.6 is 0 Å². The Balaban J connectivity index is 1.65. The van der Waals surface area contributed by atoms with Crippen LogP contribution in [0.1, 0.15) is 12.8 Å². The zero-order valence-corrected chi connectivity index (χ0v) is 14.2. The van der Waals surface area contributed by atoms with Gasteiger partial charge in [-0.1, -0.05) is 0 Å². The van der Waals surface area contributed by atoms with E-state index >= 15 is 0 Å². The Bertz CT molecular complexity index is 802. The van der Waals surface area contributed by atoms with Crippen molar-refractivity contribution >= 4 is 20.0 Å². The van der Waals surface area contributed by atoms with Crippen molar-refractivity contribution in [2.24, 2.45) is 0 Å². The molecule has 0 radical (unpaired) electrons. The average molecular weight is 362 g/mol. The molecular formula is C13H18N2O6S2. The van der Waals surface area contributed by atoms with Crippen molar-refractivity contribution in [1.29, 1.82) is 0 Å². The smallest absolute Gasteiger partial charge is 0.240 e. The summed E-state index contributed by atoms with van der Waals surface area (Å²) in [6.07, 6.45) is 2.78. The molecule has 1 aliphatic heterocycles. The Kier molecular flexibility index (Phi) is 4.25. The Morgan fingerprint density at radius 3 is 2.52 bits per heavy atom. The van der Waals surface area contributed by atoms with Crippen molar-refractivity contribution < 1.29 is 26.3 Å². The molecule has 10 heteroatoms. The van der Waals surface area contributed by atoms with Gasteiger partial charge in [0.25, 0.3) is 0 Å². The molecule has 2 aliphatic rings. The number of rotatable bonds is 7. The lowest BCUT2D eigenvalue weighted by Gasteiger charge is -2.19. The van der Waals surface area contributed by atoms with Gasteiger partial charge in [0, 0.05) is 25.2 Å². The standard InChI is InChI=1S/C13H18N2O6S2/c1-22(16,17)15(10-2-3-10)7-6-14-23(18,19)11-4-5-12-13(8-11)21-9-20-12/h4-5,8,10,14H,2-3,6-7,9H2,1H3. The van der Waals surface area contributed by atoms with Crippen LogP contribution in [0.15, 0.2) is 23.1 Å². The number of sulfonamides is 2. The third-order valence-electron chi connectivity index (χ3n) is 3.66. The fourth-order valence-electron chi connectivity index (χ4n) is 2.40. The fourth-order valence-corrected chi connectivity index (χ4v) is 4.61. The van der Waals surface area contributed by atoms with E-state index in [0.717, 1.165) is 19.1 Å². The summed E-state index contributed by atoms with van der Waals surface area (Å²) in [6, 6.07) is 4.34. The first-order valence-electron chi connectivity index (χ1n) is 7.13. The van der Waals surface area contributed by atoms with E-state index in [4.69, 9.17) is 9.47 Å². The molecule has 0 saturated heterocycles. The third-order valence-corrected chi connectivity index (χ3v) is 6.45.